The van der Waals surface area contributed by atoms with Gasteiger partial charge in [0.05, 0.1) is 6.61 Å². The minimum Gasteiger partial charge on any atom is -0.380 e. The van der Waals surface area contributed by atoms with Crippen LogP contribution in [0.5, 0.6) is 0 Å². The van der Waals surface area contributed by atoms with E-state index in [1.165, 1.54) is 38.6 Å². The van der Waals surface area contributed by atoms with Crippen LogP contribution in [0.3, 0.4) is 0 Å². The second-order valence-electron chi connectivity index (χ2n) is 5.25. The highest BCUT2D eigenvalue weighted by Crippen LogP contribution is 2.25. The molecule has 0 aromatic carbocycles. The zero-order valence-electron chi connectivity index (χ0n) is 10.7. The molecule has 16 heavy (non-hydrogen) atoms. The first-order chi connectivity index (χ1) is 7.83. The highest BCUT2D eigenvalue weighted by molar-refractivity contribution is 4.89. The third kappa shape index (κ3) is 2.76. The van der Waals surface area contributed by atoms with Gasteiger partial charge < -0.3 is 10.1 Å². The molecule has 2 aliphatic rings. The molecule has 3 unspecified atom stereocenters. The van der Waals surface area contributed by atoms with E-state index in [9.17, 15) is 0 Å². The molecular weight excluding hydrogens is 200 g/mol. The summed E-state index contributed by atoms with van der Waals surface area (Å²) in [6, 6.07) is 1.99. The summed E-state index contributed by atoms with van der Waals surface area (Å²) in [5.41, 5.74) is 0. The Morgan fingerprint density at radius 2 is 2.12 bits per heavy atom. The maximum Gasteiger partial charge on any atom is 0.0621 e. The molecule has 0 aliphatic carbocycles. The molecule has 2 saturated heterocycles. The van der Waals surface area contributed by atoms with Crippen molar-refractivity contribution in [2.45, 2.75) is 57.2 Å². The Hall–Kier alpha value is -0.120. The average Bonchev–Trinajstić information content (AvgIpc) is 2.39. The predicted molar refractivity (Wildman–Crippen MR) is 66.7 cm³/mol. The quantitative estimate of drug-likeness (QED) is 0.791. The fourth-order valence-electron chi connectivity index (χ4n) is 3.15. The van der Waals surface area contributed by atoms with Crippen LogP contribution in [-0.4, -0.2) is 49.8 Å². The monoisotopic (exact) mass is 226 g/mol. The number of nitrogens with zero attached hydrogens (tertiary/aromatic N) is 1. The van der Waals surface area contributed by atoms with Gasteiger partial charge in [0.15, 0.2) is 0 Å². The van der Waals surface area contributed by atoms with Gasteiger partial charge in [0.2, 0.25) is 0 Å². The lowest BCUT2D eigenvalue weighted by Gasteiger charge is -2.45. The number of hydrogen-bond acceptors (Lipinski definition) is 3. The molecule has 0 aromatic rings. The molecule has 2 fully saturated rings. The molecule has 0 saturated carbocycles. The summed E-state index contributed by atoms with van der Waals surface area (Å²) in [6.07, 6.45) is 6.66. The fraction of sp³-hybridized carbons (Fsp3) is 1.00. The van der Waals surface area contributed by atoms with Gasteiger partial charge in [0.1, 0.15) is 0 Å². The summed E-state index contributed by atoms with van der Waals surface area (Å²) in [5, 5.41) is 3.42. The molecule has 0 radical (unpaired) electrons. The van der Waals surface area contributed by atoms with Gasteiger partial charge in [-0.2, -0.15) is 0 Å². The number of hydrogen-bond donors (Lipinski definition) is 1. The van der Waals surface area contributed by atoms with Crippen LogP contribution in [0.25, 0.3) is 0 Å². The predicted octanol–water partition coefficient (Wildman–Crippen LogP) is 1.63. The number of rotatable bonds is 3. The molecule has 0 aromatic heterocycles. The molecule has 2 heterocycles. The van der Waals surface area contributed by atoms with Crippen LogP contribution in [0.4, 0.5) is 0 Å². The van der Waals surface area contributed by atoms with E-state index in [4.69, 9.17) is 4.74 Å². The van der Waals surface area contributed by atoms with E-state index in [0.717, 1.165) is 13.2 Å². The Kier molecular flexibility index (Phi) is 4.62. The maximum absolute atomic E-state index is 5.63. The van der Waals surface area contributed by atoms with Gasteiger partial charge in [-0.05, 0) is 46.2 Å². The third-order valence-electron chi connectivity index (χ3n) is 4.23. The minimum absolute atomic E-state index is 0.599. The molecule has 0 bridgehead atoms. The first-order valence-electron chi connectivity index (χ1n) is 6.83. The highest BCUT2D eigenvalue weighted by Gasteiger charge is 2.32. The maximum atomic E-state index is 5.63. The summed E-state index contributed by atoms with van der Waals surface area (Å²) >= 11 is 0. The van der Waals surface area contributed by atoms with Gasteiger partial charge in [-0.3, -0.25) is 4.90 Å². The van der Waals surface area contributed by atoms with Crippen molar-refractivity contribution in [3.05, 3.63) is 0 Å². The third-order valence-corrected chi connectivity index (χ3v) is 4.23. The zero-order chi connectivity index (χ0) is 11.4. The second-order valence-corrected chi connectivity index (χ2v) is 5.25. The van der Waals surface area contributed by atoms with Crippen LogP contribution >= 0.6 is 0 Å². The van der Waals surface area contributed by atoms with E-state index in [0.29, 0.717) is 18.1 Å². The Morgan fingerprint density at radius 3 is 2.81 bits per heavy atom. The molecular formula is C13H26N2O. The van der Waals surface area contributed by atoms with Crippen molar-refractivity contribution in [1.29, 1.82) is 0 Å². The van der Waals surface area contributed by atoms with E-state index in [2.05, 4.69) is 24.2 Å². The number of piperidine rings is 1. The smallest absolute Gasteiger partial charge is 0.0621 e. The molecule has 0 amide bonds. The van der Waals surface area contributed by atoms with Gasteiger partial charge in [-0.1, -0.05) is 6.42 Å². The molecule has 0 spiro atoms. The average molecular weight is 226 g/mol. The van der Waals surface area contributed by atoms with E-state index >= 15 is 0 Å². The lowest BCUT2D eigenvalue weighted by atomic mass is 9.93. The van der Waals surface area contributed by atoms with Crippen LogP contribution < -0.4 is 5.32 Å². The van der Waals surface area contributed by atoms with Crippen LogP contribution in [0, 0.1) is 0 Å². The molecule has 1 N–H and O–H groups in total. The number of nitrogens with one attached hydrogen (secondary N) is 1. The van der Waals surface area contributed by atoms with Crippen molar-refractivity contribution in [3.63, 3.8) is 0 Å². The summed E-state index contributed by atoms with van der Waals surface area (Å²) in [6.45, 7) is 5.50. The van der Waals surface area contributed by atoms with Gasteiger partial charge >= 0.3 is 0 Å². The minimum atomic E-state index is 0.599. The first kappa shape index (κ1) is 12.3. The molecule has 94 valence electrons. The summed E-state index contributed by atoms with van der Waals surface area (Å²) in [7, 11) is 2.08. The second kappa shape index (κ2) is 5.99. The van der Waals surface area contributed by atoms with Crippen molar-refractivity contribution < 1.29 is 4.74 Å². The van der Waals surface area contributed by atoms with Crippen molar-refractivity contribution in [3.8, 4) is 0 Å². The van der Waals surface area contributed by atoms with Gasteiger partial charge in [-0.25, -0.2) is 0 Å². The number of ether oxygens (including phenoxy) is 1. The van der Waals surface area contributed by atoms with E-state index in [1.807, 2.05) is 0 Å². The van der Waals surface area contributed by atoms with E-state index < -0.39 is 0 Å². The Morgan fingerprint density at radius 1 is 1.25 bits per heavy atom. The normalized spacial score (nSPS) is 34.9. The largest absolute Gasteiger partial charge is 0.380 e. The summed E-state index contributed by atoms with van der Waals surface area (Å²) < 4.78 is 5.63. The van der Waals surface area contributed by atoms with Gasteiger partial charge in [0.25, 0.3) is 0 Å². The van der Waals surface area contributed by atoms with Crippen LogP contribution in [0.1, 0.15) is 39.0 Å². The number of likely N-dealkylation sites (N-methyl/N-ethyl adjacent to an activating group) is 1. The lowest BCUT2D eigenvalue weighted by Crippen LogP contribution is -2.55. The van der Waals surface area contributed by atoms with Crippen molar-refractivity contribution in [1.82, 2.24) is 10.2 Å². The van der Waals surface area contributed by atoms with Crippen LogP contribution in [0.15, 0.2) is 0 Å². The topological polar surface area (TPSA) is 24.5 Å². The molecule has 3 nitrogen and oxygen atoms in total. The molecule has 2 rings (SSSR count). The molecule has 3 atom stereocenters. The Labute approximate surface area is 99.5 Å². The number of likely N-dealkylation sites (tertiary alicyclic amines) is 1. The standard InChI is InChI=1S/C13H26N2O/c1-11(14-2)13-7-3-4-8-15(13)12-6-5-9-16-10-12/h11-14H,3-10H2,1-2H3. The zero-order valence-corrected chi connectivity index (χ0v) is 10.7. The van der Waals surface area contributed by atoms with Gasteiger partial charge in [-0.15, -0.1) is 0 Å². The van der Waals surface area contributed by atoms with Crippen molar-refractivity contribution >= 4 is 0 Å². The fourth-order valence-corrected chi connectivity index (χ4v) is 3.15. The lowest BCUT2D eigenvalue weighted by molar-refractivity contribution is -0.0179. The SMILES string of the molecule is CNC(C)C1CCCCN1C1CCCOC1. The van der Waals surface area contributed by atoms with E-state index in [1.54, 1.807) is 0 Å². The van der Waals surface area contributed by atoms with Crippen LogP contribution in [-0.2, 0) is 4.74 Å². The van der Waals surface area contributed by atoms with Crippen LogP contribution in [0.2, 0.25) is 0 Å². The Balaban J connectivity index is 1.97. The molecule has 2 aliphatic heterocycles. The van der Waals surface area contributed by atoms with E-state index in [-0.39, 0.29) is 0 Å². The molecule has 3 heteroatoms. The van der Waals surface area contributed by atoms with Gasteiger partial charge in [0, 0.05) is 24.7 Å². The Bertz CT molecular complexity index is 204. The summed E-state index contributed by atoms with van der Waals surface area (Å²) in [5.74, 6) is 0. The highest BCUT2D eigenvalue weighted by atomic mass is 16.5. The summed E-state index contributed by atoms with van der Waals surface area (Å²) in [4.78, 5) is 2.71. The first-order valence-corrected chi connectivity index (χ1v) is 6.83. The van der Waals surface area contributed by atoms with Crippen molar-refractivity contribution in [2.24, 2.45) is 0 Å². The van der Waals surface area contributed by atoms with Crippen molar-refractivity contribution in [2.75, 3.05) is 26.8 Å².